The van der Waals surface area contributed by atoms with Crippen molar-refractivity contribution in [2.24, 2.45) is 28.9 Å². The van der Waals surface area contributed by atoms with Crippen molar-refractivity contribution in [3.8, 4) is 11.5 Å². The molecule has 0 aliphatic rings. The van der Waals surface area contributed by atoms with Gasteiger partial charge in [0.1, 0.15) is 90.0 Å². The van der Waals surface area contributed by atoms with Gasteiger partial charge in [0, 0.05) is 19.3 Å². The van der Waals surface area contributed by atoms with Crippen molar-refractivity contribution < 1.29 is 142 Å². The van der Waals surface area contributed by atoms with Crippen molar-refractivity contribution in [2.75, 3.05) is 44.9 Å². The van der Waals surface area contributed by atoms with Gasteiger partial charge in [-0.25, -0.2) is 4.79 Å². The van der Waals surface area contributed by atoms with Crippen LogP contribution in [0, 0.1) is 5.92 Å². The molecule has 0 saturated carbocycles. The van der Waals surface area contributed by atoms with Crippen LogP contribution in [-0.4, -0.2) is 294 Å². The zero-order chi connectivity index (χ0) is 88.5. The van der Waals surface area contributed by atoms with Crippen LogP contribution in [0.15, 0.2) is 48.5 Å². The smallest absolute Gasteiger partial charge is 0.326 e. The highest BCUT2D eigenvalue weighted by Gasteiger charge is 2.39. The number of aliphatic hydroxyl groups excluding tert-OH is 3. The van der Waals surface area contributed by atoms with Crippen LogP contribution in [0.5, 0.6) is 11.5 Å². The SMILES string of the molecule is CSCC[C@H](NC(=O)[C@H](Cc1ccc(O)cc1)NC(=O)[C@H](CO)NC(=O)[C@H](CC(=O)O)NC(=O)CNC(=O)[C@H](CC(=O)O)NC(=O)[C@H](Cc1ccc(O)cc1)NC(=O)[C@H](CC(=O)O)NC(=O)[C@@H](NC(=O)[C@H](CO)NC(=O)[C@H](CCC(N)=O)NC(=O)[C@H](CO)NC(=O)[C@H](C)NC(=O)[C@@H](N)CCCCN)C(C)C)C(=O)N[C@@H](CC(N)=O)C(=O)O. The molecular formula is C69H102N18O29S. The summed E-state index contributed by atoms with van der Waals surface area (Å²) in [6, 6.07) is -15.8. The molecule has 0 unspecified atom stereocenters. The van der Waals surface area contributed by atoms with E-state index in [4.69, 9.17) is 22.9 Å². The molecule has 31 N–H and O–H groups in total. The van der Waals surface area contributed by atoms with E-state index in [1.165, 1.54) is 68.9 Å². The monoisotopic (exact) mass is 1680 g/mol. The lowest BCUT2D eigenvalue weighted by Gasteiger charge is -2.28. The molecule has 2 aromatic carbocycles. The minimum Gasteiger partial charge on any atom is -0.508 e. The molecule has 47 nitrogen and oxygen atoms in total. The van der Waals surface area contributed by atoms with E-state index in [-0.39, 0.29) is 41.2 Å². The number of primary amides is 2. The number of thioether (sulfide) groups is 1. The Labute approximate surface area is 671 Å². The number of aromatic hydroxyl groups is 2. The third-order valence-corrected chi connectivity index (χ3v) is 17.5. The van der Waals surface area contributed by atoms with E-state index in [9.17, 15) is 142 Å². The fourth-order valence-corrected chi connectivity index (χ4v) is 10.9. The van der Waals surface area contributed by atoms with Crippen LogP contribution >= 0.6 is 11.8 Å². The standard InChI is InChI=1S/C69H102N18O29S/c1-31(2)55(87-67(113)48(30-90)85-59(105)38(16-17-49(72)93)77-65(111)46(28-88)84-56(102)32(3)75-57(103)37(71)7-5-6-19-70)68(114)82-44(26-54(100)101)64(110)79-41(22-34-10-14-36(92)15-11-34)62(108)81-42(24-52(96)97)58(104)74-27-51(95)76-43(25-53(98)99)63(109)86-47(29-89)66(112)80-40(21-33-8-12-35(91)13-9-33)61(107)78-39(18-20-117-4)60(106)83-45(69(115)116)23-50(73)94/h8-15,31-32,37-48,55,88-92H,5-7,16-30,70-71H2,1-4H3,(H2,72,93)(H2,73,94)(H,74,104)(H,75,103)(H,76,95)(H,77,111)(H,78,107)(H,79,110)(H,80,112)(H,81,108)(H,82,114)(H,83,106)(H,84,102)(H,85,105)(H,86,109)(H,87,113)(H,96,97)(H,98,99)(H,100,101)(H,115,116)/t32-,37-,38-,39-,40-,41-,42-,43-,44-,45-,46-,47-,48-,55-/m0/s1. The van der Waals surface area contributed by atoms with Crippen LogP contribution in [0.25, 0.3) is 0 Å². The van der Waals surface area contributed by atoms with Crippen LogP contribution < -0.4 is 97.4 Å². The number of hydrogen-bond acceptors (Lipinski definition) is 28. The Morgan fingerprint density at radius 2 is 0.744 bits per heavy atom. The first-order valence-electron chi connectivity index (χ1n) is 36.0. The lowest BCUT2D eigenvalue weighted by atomic mass is 10.0. The Balaban J connectivity index is 2.41. The molecule has 0 fully saturated rings. The molecule has 2 rings (SSSR count). The zero-order valence-electron chi connectivity index (χ0n) is 63.9. The Morgan fingerprint density at radius 1 is 0.385 bits per heavy atom. The second-order valence-corrected chi connectivity index (χ2v) is 27.7. The molecule has 0 heterocycles. The molecule has 0 bridgehead atoms. The van der Waals surface area contributed by atoms with E-state index < -0.39 is 287 Å². The second kappa shape index (κ2) is 51.4. The molecule has 2 aromatic rings. The summed E-state index contributed by atoms with van der Waals surface area (Å²) in [5.41, 5.74) is 22.1. The summed E-state index contributed by atoms with van der Waals surface area (Å²) in [7, 11) is 0. The van der Waals surface area contributed by atoms with Crippen molar-refractivity contribution >= 4 is 130 Å². The number of carbonyl (C=O) groups excluding carboxylic acids is 16. The third kappa shape index (κ3) is 37.6. The number of carboxylic acids is 4. The van der Waals surface area contributed by atoms with E-state index in [2.05, 4.69) is 58.5 Å². The molecule has 0 radical (unpaired) electrons. The predicted molar refractivity (Wildman–Crippen MR) is 404 cm³/mol. The van der Waals surface area contributed by atoms with E-state index in [0.29, 0.717) is 19.4 Å². The van der Waals surface area contributed by atoms with Gasteiger partial charge in [-0.15, -0.1) is 0 Å². The van der Waals surface area contributed by atoms with E-state index in [0.717, 1.165) is 12.1 Å². The van der Waals surface area contributed by atoms with Gasteiger partial charge >= 0.3 is 23.9 Å². The minimum atomic E-state index is -2.21. The second-order valence-electron chi connectivity index (χ2n) is 26.7. The highest BCUT2D eigenvalue weighted by atomic mass is 32.2. The number of nitrogens with one attached hydrogen (secondary N) is 14. The molecule has 0 aliphatic carbocycles. The van der Waals surface area contributed by atoms with Crippen LogP contribution in [0.4, 0.5) is 0 Å². The Hall–Kier alpha value is -12.4. The maximum atomic E-state index is 14.3. The van der Waals surface area contributed by atoms with Crippen molar-refractivity contribution in [1.82, 2.24) is 74.4 Å². The number of carbonyl (C=O) groups is 20. The first-order chi connectivity index (χ1) is 55.0. The van der Waals surface area contributed by atoms with Crippen molar-refractivity contribution in [3.05, 3.63) is 59.7 Å². The van der Waals surface area contributed by atoms with Crippen molar-refractivity contribution in [3.63, 3.8) is 0 Å². The van der Waals surface area contributed by atoms with Gasteiger partial charge in [0.2, 0.25) is 94.5 Å². The zero-order valence-corrected chi connectivity index (χ0v) is 64.7. The van der Waals surface area contributed by atoms with Gasteiger partial charge in [-0.1, -0.05) is 44.5 Å². The fourth-order valence-electron chi connectivity index (χ4n) is 10.4. The maximum Gasteiger partial charge on any atom is 0.326 e. The van der Waals surface area contributed by atoms with Crippen LogP contribution in [0.1, 0.15) is 96.1 Å². The van der Waals surface area contributed by atoms with E-state index >= 15 is 0 Å². The number of phenols is 2. The molecular weight excluding hydrogens is 1580 g/mol. The number of amides is 16. The van der Waals surface area contributed by atoms with Crippen LogP contribution in [-0.2, 0) is 109 Å². The van der Waals surface area contributed by atoms with E-state index in [1.807, 2.05) is 16.0 Å². The van der Waals surface area contributed by atoms with Gasteiger partial charge in [0.05, 0.1) is 58.1 Å². The van der Waals surface area contributed by atoms with Gasteiger partial charge < -0.3 is 143 Å². The highest BCUT2D eigenvalue weighted by Crippen LogP contribution is 2.16. The Kier molecular flexibility index (Phi) is 44.3. The average Bonchev–Trinajstić information content (AvgIpc) is 0.860. The number of aliphatic hydroxyl groups is 3. The first-order valence-corrected chi connectivity index (χ1v) is 37.4. The Morgan fingerprint density at radius 3 is 1.15 bits per heavy atom. The van der Waals surface area contributed by atoms with Crippen molar-refractivity contribution in [2.45, 2.75) is 182 Å². The lowest BCUT2D eigenvalue weighted by molar-refractivity contribution is -0.144. The normalized spacial score (nSPS) is 14.5. The largest absolute Gasteiger partial charge is 0.508 e. The topological polar surface area (TPSA) is 796 Å². The number of benzene rings is 2. The predicted octanol–water partition coefficient (Wildman–Crippen LogP) is -11.2. The molecule has 14 atom stereocenters. The van der Waals surface area contributed by atoms with Gasteiger partial charge in [0.25, 0.3) is 0 Å². The molecule has 48 heteroatoms. The molecule has 117 heavy (non-hydrogen) atoms. The fraction of sp³-hybridized carbons (Fsp3) is 0.536. The summed E-state index contributed by atoms with van der Waals surface area (Å²) in [6.07, 6.45) is -4.20. The summed E-state index contributed by atoms with van der Waals surface area (Å²) < 4.78 is 0. The van der Waals surface area contributed by atoms with Crippen LogP contribution in [0.3, 0.4) is 0 Å². The number of nitrogens with two attached hydrogens (primary N) is 4. The van der Waals surface area contributed by atoms with Gasteiger partial charge in [-0.2, -0.15) is 11.8 Å². The molecule has 0 aliphatic heterocycles. The van der Waals surface area contributed by atoms with Crippen molar-refractivity contribution in [1.29, 1.82) is 0 Å². The maximum absolute atomic E-state index is 14.3. The number of hydrogen-bond donors (Lipinski definition) is 27. The van der Waals surface area contributed by atoms with Crippen LogP contribution in [0.2, 0.25) is 0 Å². The quantitative estimate of drug-likeness (QED) is 0.0274. The van der Waals surface area contributed by atoms with E-state index in [1.54, 1.807) is 6.26 Å². The summed E-state index contributed by atoms with van der Waals surface area (Å²) in [5, 5.41) is 120. The first kappa shape index (κ1) is 101. The Bertz CT molecular complexity index is 3840. The van der Waals surface area contributed by atoms with Gasteiger partial charge in [-0.3, -0.25) is 91.1 Å². The summed E-state index contributed by atoms with van der Waals surface area (Å²) in [4.78, 5) is 263. The molecule has 16 amide bonds. The number of carboxylic acid groups (broad SMARTS) is 4. The number of phenolic OH excluding ortho intramolecular Hbond substituents is 2. The molecule has 648 valence electrons. The number of unbranched alkanes of at least 4 members (excludes halogenated alkanes) is 1. The third-order valence-electron chi connectivity index (χ3n) is 16.8. The molecule has 0 aromatic heterocycles. The highest BCUT2D eigenvalue weighted by molar-refractivity contribution is 7.98. The summed E-state index contributed by atoms with van der Waals surface area (Å²) in [6.45, 7) is -0.645. The molecule has 0 saturated heterocycles. The summed E-state index contributed by atoms with van der Waals surface area (Å²) in [5.74, 6) is -28.2. The average molecular weight is 1680 g/mol. The number of aliphatic carboxylic acids is 4. The van der Waals surface area contributed by atoms with Gasteiger partial charge in [-0.05, 0) is 92.5 Å². The van der Waals surface area contributed by atoms with Gasteiger partial charge in [0.15, 0.2) is 0 Å². The summed E-state index contributed by atoms with van der Waals surface area (Å²) >= 11 is 1.20. The minimum absolute atomic E-state index is 0.109. The number of rotatable bonds is 55. The molecule has 0 spiro atoms. The lowest BCUT2D eigenvalue weighted by Crippen LogP contribution is -2.62.